The van der Waals surface area contributed by atoms with E-state index in [9.17, 15) is 9.90 Å². The van der Waals surface area contributed by atoms with Crippen LogP contribution in [-0.2, 0) is 16.6 Å². The average molecular weight is 542 g/mol. The fourth-order valence-corrected chi connectivity index (χ4v) is 5.78. The molecule has 0 radical (unpaired) electrons. The largest absolute Gasteiger partial charge is 0.507 e. The highest BCUT2D eigenvalue weighted by atomic mass is 32.2. The number of nitrogens with one attached hydrogen (secondary N) is 2. The molecular formula is C32H37N4O2S+. The zero-order valence-electron chi connectivity index (χ0n) is 23.7. The number of aromatic nitrogens is 3. The smallest absolute Gasteiger partial charge is 0.325 e. The molecule has 2 heterocycles. The second-order valence-corrected chi connectivity index (χ2v) is 13.3. The van der Waals surface area contributed by atoms with E-state index < -0.39 is 6.17 Å². The van der Waals surface area contributed by atoms with Crippen molar-refractivity contribution in [3.63, 3.8) is 0 Å². The molecular weight excluding hydrogens is 504 g/mol. The van der Waals surface area contributed by atoms with Crippen LogP contribution in [0.4, 0.5) is 5.69 Å². The van der Waals surface area contributed by atoms with Gasteiger partial charge in [0.05, 0.1) is 11.3 Å². The Kier molecular flexibility index (Phi) is 6.83. The number of aromatic hydroxyl groups is 1. The number of phenols is 1. The molecule has 39 heavy (non-hydrogen) atoms. The molecule has 4 aromatic rings. The Morgan fingerprint density at radius 2 is 1.56 bits per heavy atom. The van der Waals surface area contributed by atoms with Gasteiger partial charge in [-0.25, -0.2) is 0 Å². The minimum absolute atomic E-state index is 0.179. The normalized spacial score (nSPS) is 14.9. The van der Waals surface area contributed by atoms with Gasteiger partial charge >= 0.3 is 11.3 Å². The third-order valence-electron chi connectivity index (χ3n) is 7.14. The molecule has 0 aliphatic carbocycles. The number of benzene rings is 3. The molecule has 0 fully saturated rings. The van der Waals surface area contributed by atoms with E-state index in [1.165, 1.54) is 22.9 Å². The molecule has 5 rings (SSSR count). The van der Waals surface area contributed by atoms with E-state index >= 15 is 0 Å². The monoisotopic (exact) mass is 541 g/mol. The quantitative estimate of drug-likeness (QED) is 0.200. The molecule has 1 aliphatic rings. The Morgan fingerprint density at radius 1 is 0.949 bits per heavy atom. The number of rotatable bonds is 4. The van der Waals surface area contributed by atoms with Crippen molar-refractivity contribution in [2.75, 3.05) is 5.32 Å². The van der Waals surface area contributed by atoms with Crippen LogP contribution < -0.4 is 15.6 Å². The van der Waals surface area contributed by atoms with E-state index in [0.29, 0.717) is 22.4 Å². The number of anilines is 1. The Bertz CT molecular complexity index is 1560. The molecule has 1 aliphatic heterocycles. The van der Waals surface area contributed by atoms with E-state index in [-0.39, 0.29) is 16.4 Å². The number of phenolic OH excluding ortho intramolecular Hbond substituents is 1. The topological polar surface area (TPSA) is 81.9 Å². The van der Waals surface area contributed by atoms with Crippen molar-refractivity contribution in [2.45, 2.75) is 76.4 Å². The van der Waals surface area contributed by atoms with Gasteiger partial charge in [-0.1, -0.05) is 95.3 Å². The van der Waals surface area contributed by atoms with Crippen molar-refractivity contribution in [2.24, 2.45) is 0 Å². The summed E-state index contributed by atoms with van der Waals surface area (Å²) in [5.41, 5.74) is 6.51. The highest BCUT2D eigenvalue weighted by Crippen LogP contribution is 2.42. The molecule has 1 atom stereocenters. The van der Waals surface area contributed by atoms with Gasteiger partial charge in [0.2, 0.25) is 5.16 Å². The Morgan fingerprint density at radius 3 is 2.18 bits per heavy atom. The van der Waals surface area contributed by atoms with Gasteiger partial charge in [0, 0.05) is 27.5 Å². The molecule has 0 bridgehead atoms. The Labute approximate surface area is 234 Å². The maximum absolute atomic E-state index is 13.6. The third-order valence-corrected chi connectivity index (χ3v) is 8.08. The molecule has 0 unspecified atom stereocenters. The predicted octanol–water partition coefficient (Wildman–Crippen LogP) is 6.60. The lowest BCUT2D eigenvalue weighted by atomic mass is 9.78. The lowest BCUT2D eigenvalue weighted by Crippen LogP contribution is -2.55. The van der Waals surface area contributed by atoms with Crippen molar-refractivity contribution >= 4 is 17.4 Å². The maximum Gasteiger partial charge on any atom is 0.325 e. The van der Waals surface area contributed by atoms with Gasteiger partial charge in [0.15, 0.2) is 0 Å². The summed E-state index contributed by atoms with van der Waals surface area (Å²) < 4.78 is 1.81. The van der Waals surface area contributed by atoms with E-state index in [1.807, 2.05) is 28.9 Å². The van der Waals surface area contributed by atoms with Crippen LogP contribution in [0.1, 0.15) is 75.5 Å². The lowest BCUT2D eigenvalue weighted by molar-refractivity contribution is -0.759. The van der Waals surface area contributed by atoms with Gasteiger partial charge in [-0.3, -0.25) is 9.78 Å². The molecule has 202 valence electrons. The van der Waals surface area contributed by atoms with Crippen molar-refractivity contribution in [3.05, 3.63) is 98.8 Å². The summed E-state index contributed by atoms with van der Waals surface area (Å²) in [5, 5.41) is 20.5. The van der Waals surface area contributed by atoms with E-state index in [0.717, 1.165) is 27.9 Å². The number of fused-ring (bicyclic) bond motifs is 3. The number of nitrogens with zero attached hydrogens (tertiary/aromatic N) is 2. The van der Waals surface area contributed by atoms with Gasteiger partial charge in [-0.15, -0.1) is 0 Å². The lowest BCUT2D eigenvalue weighted by Gasteiger charge is -2.30. The van der Waals surface area contributed by atoms with Crippen molar-refractivity contribution < 1.29 is 9.79 Å². The highest BCUT2D eigenvalue weighted by molar-refractivity contribution is 7.98. The predicted molar refractivity (Wildman–Crippen MR) is 158 cm³/mol. The SMILES string of the molecule is Cc1ccc(CSc2n[n+]3c(c(=O)[nH]2)-c2ccccc2N[C@@H]3c2cc(C(C)(C)C)c(O)c(C(C)(C)C)c2)cc1. The number of aromatic amines is 1. The fourth-order valence-electron chi connectivity index (χ4n) is 4.97. The van der Waals surface area contributed by atoms with Gasteiger partial charge < -0.3 is 10.4 Å². The number of H-pyrrole nitrogens is 1. The first-order chi connectivity index (χ1) is 18.3. The molecule has 7 heteroatoms. The van der Waals surface area contributed by atoms with Crippen LogP contribution >= 0.6 is 11.8 Å². The van der Waals surface area contributed by atoms with Gasteiger partial charge in [0.1, 0.15) is 5.75 Å². The van der Waals surface area contributed by atoms with Crippen LogP contribution in [0.5, 0.6) is 5.75 Å². The first-order valence-corrected chi connectivity index (χ1v) is 14.3. The van der Waals surface area contributed by atoms with E-state index in [1.54, 1.807) is 0 Å². The van der Waals surface area contributed by atoms with Gasteiger partial charge in [0.25, 0.3) is 6.17 Å². The highest BCUT2D eigenvalue weighted by Gasteiger charge is 2.39. The molecule has 3 N–H and O–H groups in total. The summed E-state index contributed by atoms with van der Waals surface area (Å²) in [5.74, 6) is 1.02. The zero-order valence-corrected chi connectivity index (χ0v) is 24.5. The van der Waals surface area contributed by atoms with Gasteiger partial charge in [-0.2, -0.15) is 0 Å². The third kappa shape index (κ3) is 5.33. The van der Waals surface area contributed by atoms with Crippen LogP contribution in [0.3, 0.4) is 0 Å². The molecule has 0 spiro atoms. The molecule has 6 nitrogen and oxygen atoms in total. The summed E-state index contributed by atoms with van der Waals surface area (Å²) >= 11 is 1.51. The molecule has 0 saturated carbocycles. The maximum atomic E-state index is 13.6. The first-order valence-electron chi connectivity index (χ1n) is 13.3. The fraction of sp³-hybridized carbons (Fsp3) is 0.344. The van der Waals surface area contributed by atoms with Crippen molar-refractivity contribution in [1.82, 2.24) is 10.1 Å². The number of hydrogen-bond acceptors (Lipinski definition) is 5. The van der Waals surface area contributed by atoms with Crippen LogP contribution in [0.25, 0.3) is 11.3 Å². The molecule has 0 saturated heterocycles. The zero-order chi connectivity index (χ0) is 28.1. The van der Waals surface area contributed by atoms with Crippen LogP contribution in [0.15, 0.2) is 70.6 Å². The van der Waals surface area contributed by atoms with Crippen LogP contribution in [0, 0.1) is 6.92 Å². The standard InChI is InChI=1S/C32H36N4O2S/c1-19-12-14-20(15-13-19)18-39-30-34-29(38)26-22-10-8-9-11-25(22)33-28(36(26)35-30)21-16-23(31(2,3)4)27(37)24(17-21)32(5,6)7/h8-17,28H,18H2,1-7H3,(H2,34,35,37,38)/p+1/t28-/m0/s1. The molecule has 1 aromatic heterocycles. The molecule has 0 amide bonds. The summed E-state index contributed by atoms with van der Waals surface area (Å²) in [6.45, 7) is 14.7. The minimum Gasteiger partial charge on any atom is -0.507 e. The number of thioether (sulfide) groups is 1. The number of hydrogen-bond donors (Lipinski definition) is 3. The summed E-state index contributed by atoms with van der Waals surface area (Å²) in [6, 6.07) is 20.3. The Hall–Kier alpha value is -3.58. The van der Waals surface area contributed by atoms with Crippen LogP contribution in [-0.4, -0.2) is 15.2 Å². The van der Waals surface area contributed by atoms with Crippen molar-refractivity contribution in [1.29, 1.82) is 0 Å². The number of aryl methyl sites for hydroxylation is 1. The number of para-hydroxylation sites is 1. The van der Waals surface area contributed by atoms with Crippen molar-refractivity contribution in [3.8, 4) is 17.0 Å². The first kappa shape index (κ1) is 27.0. The van der Waals surface area contributed by atoms with Gasteiger partial charge in [-0.05, 0) is 52.3 Å². The van der Waals surface area contributed by atoms with E-state index in [2.05, 4.69) is 95.2 Å². The second kappa shape index (κ2) is 9.87. The summed E-state index contributed by atoms with van der Waals surface area (Å²) in [7, 11) is 0. The van der Waals surface area contributed by atoms with E-state index in [4.69, 9.17) is 5.10 Å². The Balaban J connectivity index is 1.67. The second-order valence-electron chi connectivity index (χ2n) is 12.4. The minimum atomic E-state index is -0.432. The summed E-state index contributed by atoms with van der Waals surface area (Å²) in [6.07, 6.45) is -0.432. The average Bonchev–Trinajstić information content (AvgIpc) is 2.86. The summed E-state index contributed by atoms with van der Waals surface area (Å²) in [4.78, 5) is 16.6. The molecule has 3 aromatic carbocycles. The van der Waals surface area contributed by atoms with Crippen LogP contribution in [0.2, 0.25) is 0 Å².